The average Bonchev–Trinajstić information content (AvgIpc) is 3.14. The van der Waals surface area contributed by atoms with Crippen molar-refractivity contribution in [3.05, 3.63) is 72.6 Å². The van der Waals surface area contributed by atoms with Crippen molar-refractivity contribution < 1.29 is 42.6 Å². The maximum absolute atomic E-state index is 10.5. The topological polar surface area (TPSA) is 61.4 Å². The Hall–Kier alpha value is -1.07. The molecule has 2 aromatic carbocycles. The minimum Gasteiger partial charge on any atom is -0.490 e. The molecule has 1 saturated heterocycles. The van der Waals surface area contributed by atoms with Crippen LogP contribution in [0.15, 0.2) is 54.6 Å². The van der Waals surface area contributed by atoms with Crippen molar-refractivity contribution in [2.75, 3.05) is 5.32 Å². The van der Waals surface area contributed by atoms with E-state index in [-0.39, 0.29) is 38.8 Å². The van der Waals surface area contributed by atoms with Gasteiger partial charge in [-0.25, -0.2) is 0 Å². The molecular formula is C21H26N2O2Y-2. The molecule has 3 rings (SSSR count). The van der Waals surface area contributed by atoms with Gasteiger partial charge in [0.1, 0.15) is 0 Å². The summed E-state index contributed by atoms with van der Waals surface area (Å²) in [7, 11) is 0. The van der Waals surface area contributed by atoms with Crippen LogP contribution in [0.25, 0.3) is 0 Å². The first-order chi connectivity index (χ1) is 12.3. The Morgan fingerprint density at radius 3 is 2.42 bits per heavy atom. The van der Waals surface area contributed by atoms with Crippen molar-refractivity contribution in [3.8, 4) is 0 Å². The molecule has 0 bridgehead atoms. The Labute approximate surface area is 181 Å². The van der Waals surface area contributed by atoms with Gasteiger partial charge in [0, 0.05) is 44.8 Å². The summed E-state index contributed by atoms with van der Waals surface area (Å²) < 4.78 is 0. The van der Waals surface area contributed by atoms with Crippen LogP contribution in [0, 0.1) is 6.92 Å². The fourth-order valence-electron chi connectivity index (χ4n) is 3.21. The third-order valence-electron chi connectivity index (χ3n) is 4.43. The second kappa shape index (κ2) is 12.3. The van der Waals surface area contributed by atoms with Gasteiger partial charge in [0.2, 0.25) is 0 Å². The summed E-state index contributed by atoms with van der Waals surface area (Å²) in [6, 6.07) is 18.1. The van der Waals surface area contributed by atoms with Crippen LogP contribution >= 0.6 is 0 Å². The zero-order valence-corrected chi connectivity index (χ0v) is 18.0. The molecule has 1 heterocycles. The molecule has 4 nitrogen and oxygen atoms in total. The maximum atomic E-state index is 10.5. The number of nitrogens with one attached hydrogen (secondary N) is 2. The fourth-order valence-corrected chi connectivity index (χ4v) is 3.21. The predicted octanol–water partition coefficient (Wildman–Crippen LogP) is 3.40. The number of hydrogen-bond acceptors (Lipinski definition) is 3. The van der Waals surface area contributed by atoms with Crippen molar-refractivity contribution in [3.63, 3.8) is 0 Å². The number of carbonyl (C=O) groups excluding carboxylic acids is 1. The standard InChI is InChI=1S/C19H21N2O2.C2H5.Y/c22-13-20-16-8-6-14(7-9-16)12-17-10-11-18(21-17)19(23)15-4-2-1-3-5-15;1-2;/h1-9,17-19,21,23H,10-12H2,(H,20,22);1H2,2H3;/q2*-1;. The van der Waals surface area contributed by atoms with Crippen LogP contribution in [0.4, 0.5) is 5.69 Å². The van der Waals surface area contributed by atoms with Crippen LogP contribution in [-0.4, -0.2) is 23.6 Å². The molecule has 137 valence electrons. The Bertz CT molecular complexity index is 634. The summed E-state index contributed by atoms with van der Waals surface area (Å²) >= 11 is 0. The van der Waals surface area contributed by atoms with E-state index in [0.29, 0.717) is 6.04 Å². The average molecular weight is 427 g/mol. The molecule has 2 aromatic rings. The van der Waals surface area contributed by atoms with Gasteiger partial charge in [-0.3, -0.25) is 0 Å². The first kappa shape index (κ1) is 23.0. The van der Waals surface area contributed by atoms with Crippen molar-refractivity contribution in [2.45, 2.75) is 44.4 Å². The van der Waals surface area contributed by atoms with Crippen LogP contribution in [-0.2, 0) is 43.9 Å². The van der Waals surface area contributed by atoms with E-state index >= 15 is 0 Å². The molecule has 0 aliphatic carbocycles. The van der Waals surface area contributed by atoms with Gasteiger partial charge in [-0.05, 0) is 30.4 Å². The van der Waals surface area contributed by atoms with Crippen LogP contribution < -0.4 is 10.6 Å². The fraction of sp³-hybridized carbons (Fsp3) is 0.333. The van der Waals surface area contributed by atoms with Crippen molar-refractivity contribution in [1.29, 1.82) is 0 Å². The Morgan fingerprint density at radius 2 is 1.81 bits per heavy atom. The van der Waals surface area contributed by atoms with Gasteiger partial charge in [0.25, 0.3) is 0 Å². The van der Waals surface area contributed by atoms with Crippen LogP contribution in [0.1, 0.15) is 37.0 Å². The molecule has 1 aliphatic heterocycles. The van der Waals surface area contributed by atoms with Crippen molar-refractivity contribution in [1.82, 2.24) is 5.32 Å². The minimum absolute atomic E-state index is 0. The molecule has 26 heavy (non-hydrogen) atoms. The Kier molecular flexibility index (Phi) is 10.9. The summed E-state index contributed by atoms with van der Waals surface area (Å²) in [6.45, 7) is 5.00. The molecule has 1 aliphatic rings. The number of aliphatic hydroxyl groups excluding tert-OH is 1. The van der Waals surface area contributed by atoms with Gasteiger partial charge in [0.15, 0.2) is 0 Å². The van der Waals surface area contributed by atoms with Crippen LogP contribution in [0.5, 0.6) is 0 Å². The Morgan fingerprint density at radius 1 is 1.15 bits per heavy atom. The number of benzene rings is 2. The molecule has 1 amide bonds. The van der Waals surface area contributed by atoms with Gasteiger partial charge >= 0.3 is 0 Å². The molecule has 0 saturated carbocycles. The van der Waals surface area contributed by atoms with E-state index in [1.165, 1.54) is 5.56 Å². The number of anilines is 1. The summed E-state index contributed by atoms with van der Waals surface area (Å²) in [4.78, 5) is 10.3. The van der Waals surface area contributed by atoms with E-state index in [1.807, 2.05) is 54.6 Å². The minimum atomic E-state index is -0.462. The van der Waals surface area contributed by atoms with Gasteiger partial charge in [-0.15, -0.1) is 17.8 Å². The molecule has 3 atom stereocenters. The SMILES string of the molecule is O=[C-]Nc1ccc(CC2CCC(C(O)c3ccccc3)N2)cc1.[CH2-]C.[Y]. The summed E-state index contributed by atoms with van der Waals surface area (Å²) in [5.74, 6) is 0. The monoisotopic (exact) mass is 427 g/mol. The zero-order chi connectivity index (χ0) is 18.1. The van der Waals surface area contributed by atoms with E-state index < -0.39 is 6.10 Å². The third kappa shape index (κ3) is 6.58. The Balaban J connectivity index is 0.00000109. The van der Waals surface area contributed by atoms with Gasteiger partial charge in [0.05, 0.1) is 12.5 Å². The van der Waals surface area contributed by atoms with E-state index in [1.54, 1.807) is 13.3 Å². The number of amides is 1. The van der Waals surface area contributed by atoms with Crippen molar-refractivity contribution >= 4 is 12.1 Å². The normalized spacial score (nSPS) is 19.5. The second-order valence-corrected chi connectivity index (χ2v) is 6.03. The molecule has 0 spiro atoms. The summed E-state index contributed by atoms with van der Waals surface area (Å²) in [6.07, 6.45) is 4.15. The number of aliphatic hydroxyl groups is 1. The molecule has 3 N–H and O–H groups in total. The molecule has 1 fully saturated rings. The first-order valence-corrected chi connectivity index (χ1v) is 8.68. The second-order valence-electron chi connectivity index (χ2n) is 6.03. The quantitative estimate of drug-likeness (QED) is 0.489. The molecule has 0 aromatic heterocycles. The third-order valence-corrected chi connectivity index (χ3v) is 4.43. The summed E-state index contributed by atoms with van der Waals surface area (Å²) in [5, 5.41) is 16.6. The smallest absolute Gasteiger partial charge is 0.0943 e. The van der Waals surface area contributed by atoms with Crippen molar-refractivity contribution in [2.24, 2.45) is 0 Å². The molecule has 1 radical (unpaired) electrons. The first-order valence-electron chi connectivity index (χ1n) is 8.68. The summed E-state index contributed by atoms with van der Waals surface area (Å²) in [5.41, 5.74) is 2.93. The zero-order valence-electron chi connectivity index (χ0n) is 15.2. The van der Waals surface area contributed by atoms with E-state index in [2.05, 4.69) is 17.6 Å². The molecule has 3 unspecified atom stereocenters. The largest absolute Gasteiger partial charge is 0.490 e. The number of rotatable bonds is 6. The van der Waals surface area contributed by atoms with E-state index in [0.717, 1.165) is 30.5 Å². The number of hydrogen-bond donors (Lipinski definition) is 3. The van der Waals surface area contributed by atoms with Gasteiger partial charge in [-0.1, -0.05) is 42.5 Å². The predicted molar refractivity (Wildman–Crippen MR) is 102 cm³/mol. The van der Waals surface area contributed by atoms with E-state index in [9.17, 15) is 9.90 Å². The maximum Gasteiger partial charge on any atom is 0.0943 e. The molecule has 5 heteroatoms. The molecular weight excluding hydrogens is 401 g/mol. The van der Waals surface area contributed by atoms with Gasteiger partial charge < -0.3 is 27.5 Å². The van der Waals surface area contributed by atoms with Crippen LogP contribution in [0.3, 0.4) is 0 Å². The van der Waals surface area contributed by atoms with Gasteiger partial charge in [-0.2, -0.15) is 6.92 Å². The van der Waals surface area contributed by atoms with E-state index in [4.69, 9.17) is 0 Å². The van der Waals surface area contributed by atoms with Crippen LogP contribution in [0.2, 0.25) is 0 Å².